The fourth-order valence-electron chi connectivity index (χ4n) is 2.84. The summed E-state index contributed by atoms with van der Waals surface area (Å²) in [5.41, 5.74) is 2.33. The van der Waals surface area contributed by atoms with Crippen molar-refractivity contribution in [3.05, 3.63) is 76.9 Å². The molecule has 2 aromatic rings. The number of carbonyl (C=O) groups is 3. The molecule has 1 aliphatic rings. The topological polar surface area (TPSA) is 72.9 Å². The summed E-state index contributed by atoms with van der Waals surface area (Å²) in [6.45, 7) is 5.60. The van der Waals surface area contributed by atoms with E-state index in [1.54, 1.807) is 49.4 Å². The molecule has 0 atom stereocenters. The van der Waals surface area contributed by atoms with Gasteiger partial charge in [-0.2, -0.15) is 0 Å². The normalized spacial score (nSPS) is 12.7. The lowest BCUT2D eigenvalue weighted by Gasteiger charge is -2.16. The molecule has 0 bridgehead atoms. The van der Waals surface area contributed by atoms with Gasteiger partial charge < -0.3 is 9.47 Å². The first-order chi connectivity index (χ1) is 12.9. The van der Waals surface area contributed by atoms with Gasteiger partial charge in [-0.1, -0.05) is 24.8 Å². The second-order valence-corrected chi connectivity index (χ2v) is 6.31. The van der Waals surface area contributed by atoms with Crippen LogP contribution in [0.4, 0.5) is 0 Å². The molecule has 6 nitrogen and oxygen atoms in total. The Morgan fingerprint density at radius 3 is 2.26 bits per heavy atom. The van der Waals surface area contributed by atoms with Gasteiger partial charge in [-0.25, -0.2) is 4.79 Å². The van der Waals surface area contributed by atoms with Crippen molar-refractivity contribution < 1.29 is 23.9 Å². The predicted molar refractivity (Wildman–Crippen MR) is 98.7 cm³/mol. The van der Waals surface area contributed by atoms with Crippen molar-refractivity contribution in [2.24, 2.45) is 0 Å². The first-order valence-electron chi connectivity index (χ1n) is 8.36. The molecule has 0 N–H and O–H groups in total. The molecule has 1 aliphatic heterocycles. The first-order valence-corrected chi connectivity index (χ1v) is 8.36. The standard InChI is InChI=1S/C21H19NO5/c1-13(2)12-27-21(25)17-10-14(8-9-18(17)26-3)11-22-19(23)15-6-4-5-7-16(15)20(22)24/h4-10H,1,11-12H2,2-3H3. The lowest BCUT2D eigenvalue weighted by atomic mass is 10.1. The van der Waals surface area contributed by atoms with Gasteiger partial charge in [0.25, 0.3) is 11.8 Å². The highest BCUT2D eigenvalue weighted by Gasteiger charge is 2.35. The lowest BCUT2D eigenvalue weighted by molar-refractivity contribution is 0.0536. The molecule has 1 heterocycles. The molecule has 2 amide bonds. The SMILES string of the molecule is C=C(C)COC(=O)c1cc(CN2C(=O)c3ccccc3C2=O)ccc1OC. The number of imide groups is 1. The molecule has 0 radical (unpaired) electrons. The van der Waals surface area contributed by atoms with Crippen molar-refractivity contribution in [3.8, 4) is 5.75 Å². The second kappa shape index (κ2) is 7.45. The molecule has 0 saturated heterocycles. The van der Waals surface area contributed by atoms with E-state index in [4.69, 9.17) is 9.47 Å². The highest BCUT2D eigenvalue weighted by atomic mass is 16.5. The number of hydrogen-bond acceptors (Lipinski definition) is 5. The number of amides is 2. The monoisotopic (exact) mass is 365 g/mol. The molecule has 0 aromatic heterocycles. The molecule has 138 valence electrons. The molecule has 0 unspecified atom stereocenters. The predicted octanol–water partition coefficient (Wildman–Crippen LogP) is 3.22. The van der Waals surface area contributed by atoms with E-state index in [1.807, 2.05) is 0 Å². The summed E-state index contributed by atoms with van der Waals surface area (Å²) in [5.74, 6) is -0.900. The minimum atomic E-state index is -0.556. The Kier molecular flexibility index (Phi) is 5.07. The Bertz CT molecular complexity index is 912. The number of benzene rings is 2. The average molecular weight is 365 g/mol. The Labute approximate surface area is 157 Å². The van der Waals surface area contributed by atoms with Crippen LogP contribution >= 0.6 is 0 Å². The smallest absolute Gasteiger partial charge is 0.342 e. The maximum Gasteiger partial charge on any atom is 0.342 e. The van der Waals surface area contributed by atoms with Gasteiger partial charge in [0, 0.05) is 0 Å². The lowest BCUT2D eigenvalue weighted by Crippen LogP contribution is -2.29. The maximum absolute atomic E-state index is 12.5. The minimum absolute atomic E-state index is 0.0527. The fraction of sp³-hybridized carbons (Fsp3) is 0.190. The van der Waals surface area contributed by atoms with Crippen molar-refractivity contribution in [1.82, 2.24) is 4.90 Å². The molecule has 0 spiro atoms. The van der Waals surface area contributed by atoms with Crippen molar-refractivity contribution in [1.29, 1.82) is 0 Å². The van der Waals surface area contributed by atoms with Crippen LogP contribution in [-0.4, -0.2) is 36.4 Å². The third-order valence-corrected chi connectivity index (χ3v) is 4.15. The molecule has 27 heavy (non-hydrogen) atoms. The Morgan fingerprint density at radius 2 is 1.70 bits per heavy atom. The van der Waals surface area contributed by atoms with E-state index < -0.39 is 5.97 Å². The summed E-state index contributed by atoms with van der Waals surface area (Å²) in [7, 11) is 1.45. The van der Waals surface area contributed by atoms with Crippen LogP contribution in [0.1, 0.15) is 43.6 Å². The zero-order valence-electron chi connectivity index (χ0n) is 15.2. The second-order valence-electron chi connectivity index (χ2n) is 6.31. The molecular weight excluding hydrogens is 346 g/mol. The molecule has 0 fully saturated rings. The van der Waals surface area contributed by atoms with Gasteiger partial charge in [-0.05, 0) is 42.3 Å². The number of methoxy groups -OCH3 is 1. The molecule has 6 heteroatoms. The zero-order chi connectivity index (χ0) is 19.6. The van der Waals surface area contributed by atoms with E-state index in [9.17, 15) is 14.4 Å². The van der Waals surface area contributed by atoms with E-state index >= 15 is 0 Å². The van der Waals surface area contributed by atoms with Gasteiger partial charge in [0.15, 0.2) is 0 Å². The third-order valence-electron chi connectivity index (χ3n) is 4.15. The fourth-order valence-corrected chi connectivity index (χ4v) is 2.84. The van der Waals surface area contributed by atoms with Crippen molar-refractivity contribution in [2.75, 3.05) is 13.7 Å². The van der Waals surface area contributed by atoms with Crippen molar-refractivity contribution in [2.45, 2.75) is 13.5 Å². The van der Waals surface area contributed by atoms with Crippen LogP contribution in [0.5, 0.6) is 5.75 Å². The number of rotatable bonds is 6. The van der Waals surface area contributed by atoms with Gasteiger partial charge in [0.2, 0.25) is 0 Å². The summed E-state index contributed by atoms with van der Waals surface area (Å²) < 4.78 is 10.4. The number of nitrogens with zero attached hydrogens (tertiary/aromatic N) is 1. The maximum atomic E-state index is 12.5. The van der Waals surface area contributed by atoms with Crippen LogP contribution < -0.4 is 4.74 Å². The van der Waals surface area contributed by atoms with Crippen molar-refractivity contribution in [3.63, 3.8) is 0 Å². The highest BCUT2D eigenvalue weighted by molar-refractivity contribution is 6.21. The van der Waals surface area contributed by atoms with Crippen LogP contribution in [0.25, 0.3) is 0 Å². The summed E-state index contributed by atoms with van der Waals surface area (Å²) in [6, 6.07) is 11.6. The summed E-state index contributed by atoms with van der Waals surface area (Å²) in [5, 5.41) is 0. The van der Waals surface area contributed by atoms with Gasteiger partial charge in [-0.3, -0.25) is 14.5 Å². The van der Waals surface area contributed by atoms with E-state index in [1.165, 1.54) is 7.11 Å². The van der Waals surface area contributed by atoms with E-state index in [0.717, 1.165) is 4.90 Å². The van der Waals surface area contributed by atoms with Crippen LogP contribution in [-0.2, 0) is 11.3 Å². The number of hydrogen-bond donors (Lipinski definition) is 0. The molecule has 0 aliphatic carbocycles. The summed E-state index contributed by atoms with van der Waals surface area (Å²) in [4.78, 5) is 38.5. The third kappa shape index (κ3) is 3.60. The number of esters is 1. The van der Waals surface area contributed by atoms with Gasteiger partial charge >= 0.3 is 5.97 Å². The van der Waals surface area contributed by atoms with E-state index in [-0.39, 0.29) is 30.5 Å². The molecular formula is C21H19NO5. The van der Waals surface area contributed by atoms with Gasteiger partial charge in [-0.15, -0.1) is 0 Å². The van der Waals surface area contributed by atoms with Crippen LogP contribution in [0.3, 0.4) is 0 Å². The van der Waals surface area contributed by atoms with Crippen molar-refractivity contribution >= 4 is 17.8 Å². The quantitative estimate of drug-likeness (QED) is 0.446. The summed E-state index contributed by atoms with van der Waals surface area (Å²) in [6.07, 6.45) is 0. The average Bonchev–Trinajstić information content (AvgIpc) is 2.91. The number of carbonyl (C=O) groups excluding carboxylic acids is 3. The first kappa shape index (κ1) is 18.4. The molecule has 3 rings (SSSR count). The Balaban J connectivity index is 1.85. The number of fused-ring (bicyclic) bond motifs is 1. The van der Waals surface area contributed by atoms with E-state index in [2.05, 4.69) is 6.58 Å². The minimum Gasteiger partial charge on any atom is -0.496 e. The summed E-state index contributed by atoms with van der Waals surface area (Å²) >= 11 is 0. The van der Waals surface area contributed by atoms with Crippen LogP contribution in [0, 0.1) is 0 Å². The Morgan fingerprint density at radius 1 is 1.07 bits per heavy atom. The molecule has 0 saturated carbocycles. The van der Waals surface area contributed by atoms with E-state index in [0.29, 0.717) is 28.0 Å². The zero-order valence-corrected chi connectivity index (χ0v) is 15.2. The van der Waals surface area contributed by atoms with Gasteiger partial charge in [0.1, 0.15) is 17.9 Å². The number of ether oxygens (including phenoxy) is 2. The van der Waals surface area contributed by atoms with Crippen LogP contribution in [0.2, 0.25) is 0 Å². The van der Waals surface area contributed by atoms with Gasteiger partial charge in [0.05, 0.1) is 24.8 Å². The highest BCUT2D eigenvalue weighted by Crippen LogP contribution is 2.26. The Hall–Kier alpha value is -3.41. The largest absolute Gasteiger partial charge is 0.496 e. The molecule has 2 aromatic carbocycles. The van der Waals surface area contributed by atoms with Crippen LogP contribution in [0.15, 0.2) is 54.6 Å².